The highest BCUT2D eigenvalue weighted by Crippen LogP contribution is 2.33. The maximum Gasteiger partial charge on any atom is 0.159 e. The molecule has 0 amide bonds. The van der Waals surface area contributed by atoms with Crippen molar-refractivity contribution in [3.63, 3.8) is 0 Å². The number of benzene rings is 1. The van der Waals surface area contributed by atoms with E-state index < -0.39 is 0 Å². The van der Waals surface area contributed by atoms with E-state index in [0.717, 1.165) is 41.8 Å². The van der Waals surface area contributed by atoms with E-state index >= 15 is 0 Å². The van der Waals surface area contributed by atoms with E-state index in [9.17, 15) is 4.39 Å². The molecule has 10 nitrogen and oxygen atoms in total. The molecule has 0 unspecified atom stereocenters. The van der Waals surface area contributed by atoms with E-state index in [-0.39, 0.29) is 5.82 Å². The van der Waals surface area contributed by atoms with Gasteiger partial charge in [0.1, 0.15) is 30.2 Å². The van der Waals surface area contributed by atoms with Crippen molar-refractivity contribution < 1.29 is 9.13 Å². The fraction of sp³-hybridized carbons (Fsp3) is 0.214. The summed E-state index contributed by atoms with van der Waals surface area (Å²) in [6, 6.07) is 6.65. The Morgan fingerprint density at radius 1 is 0.897 bits per heavy atom. The number of ether oxygens (including phenoxy) is 1. The first-order chi connectivity index (χ1) is 19.2. The Morgan fingerprint density at radius 2 is 1.77 bits per heavy atom. The van der Waals surface area contributed by atoms with Crippen molar-refractivity contribution in [2.45, 2.75) is 12.8 Å². The highest BCUT2D eigenvalue weighted by Gasteiger charge is 2.18. The Hall–Kier alpha value is -4.77. The van der Waals surface area contributed by atoms with Crippen molar-refractivity contribution in [1.29, 1.82) is 0 Å². The molecule has 1 saturated heterocycles. The molecule has 1 aromatic carbocycles. The predicted octanol–water partition coefficient (Wildman–Crippen LogP) is 4.63. The van der Waals surface area contributed by atoms with Crippen LogP contribution in [0, 0.1) is 5.82 Å². The first kappa shape index (κ1) is 23.4. The highest BCUT2D eigenvalue weighted by atomic mass is 19.1. The van der Waals surface area contributed by atoms with Crippen molar-refractivity contribution in [2.24, 2.45) is 0 Å². The molecule has 7 rings (SSSR count). The minimum Gasteiger partial charge on any atom is -0.492 e. The van der Waals surface area contributed by atoms with Crippen LogP contribution in [0.15, 0.2) is 61.6 Å². The number of H-pyrrole nitrogens is 2. The molecule has 1 fully saturated rings. The first-order valence-electron chi connectivity index (χ1n) is 12.8. The fourth-order valence-corrected chi connectivity index (χ4v) is 5.04. The van der Waals surface area contributed by atoms with Gasteiger partial charge in [-0.1, -0.05) is 0 Å². The third-order valence-corrected chi connectivity index (χ3v) is 6.98. The zero-order valence-corrected chi connectivity index (χ0v) is 20.9. The van der Waals surface area contributed by atoms with E-state index in [1.54, 1.807) is 31.0 Å². The van der Waals surface area contributed by atoms with Crippen LogP contribution in [0.25, 0.3) is 55.8 Å². The van der Waals surface area contributed by atoms with Crippen molar-refractivity contribution in [3.05, 3.63) is 67.4 Å². The van der Waals surface area contributed by atoms with Gasteiger partial charge in [-0.05, 0) is 49.7 Å². The zero-order chi connectivity index (χ0) is 26.2. The number of imidazole rings is 1. The summed E-state index contributed by atoms with van der Waals surface area (Å²) in [6.07, 6.45) is 12.5. The number of pyridine rings is 2. The molecule has 0 radical (unpaired) electrons. The molecule has 2 N–H and O–H groups in total. The van der Waals surface area contributed by atoms with Gasteiger partial charge in [-0.15, -0.1) is 0 Å². The predicted molar refractivity (Wildman–Crippen MR) is 144 cm³/mol. The van der Waals surface area contributed by atoms with Gasteiger partial charge in [-0.25, -0.2) is 19.3 Å². The van der Waals surface area contributed by atoms with Gasteiger partial charge >= 0.3 is 0 Å². The first-order valence-corrected chi connectivity index (χ1v) is 12.8. The van der Waals surface area contributed by atoms with Gasteiger partial charge in [-0.3, -0.25) is 20.0 Å². The molecule has 1 aliphatic rings. The molecule has 11 heteroatoms. The monoisotopic (exact) mass is 521 g/mol. The van der Waals surface area contributed by atoms with E-state index in [1.807, 2.05) is 12.1 Å². The molecular weight excluding hydrogens is 497 g/mol. The molecule has 39 heavy (non-hydrogen) atoms. The summed E-state index contributed by atoms with van der Waals surface area (Å²) in [6.45, 7) is 3.53. The number of aromatic amines is 2. The summed E-state index contributed by atoms with van der Waals surface area (Å²) in [7, 11) is 0. The Morgan fingerprint density at radius 3 is 2.64 bits per heavy atom. The number of rotatable bonds is 7. The lowest BCUT2D eigenvalue weighted by molar-refractivity contribution is 0.237. The standard InChI is InChI=1S/C28H24FN9O/c29-19-7-17(8-20(9-19)39-6-5-38-3-1-2-4-38)22-13-30-14-25-26(22)35-28(34-25)27-21-10-23(18-11-31-16-32-12-18)33-15-24(21)36-37-27/h7-16H,1-6H2,(H,34,35)(H,36,37). The van der Waals surface area contributed by atoms with Gasteiger partial charge in [0.05, 0.1) is 34.6 Å². The summed E-state index contributed by atoms with van der Waals surface area (Å²) in [5.74, 6) is 0.672. The Balaban J connectivity index is 1.23. The third kappa shape index (κ3) is 4.57. The molecule has 0 saturated carbocycles. The number of nitrogens with one attached hydrogen (secondary N) is 2. The molecular formula is C28H24FN9O. The normalized spacial score (nSPS) is 14.0. The van der Waals surface area contributed by atoms with Gasteiger partial charge < -0.3 is 9.72 Å². The van der Waals surface area contributed by atoms with Gasteiger partial charge in [-0.2, -0.15) is 5.10 Å². The maximum atomic E-state index is 14.7. The minimum absolute atomic E-state index is 0.375. The molecule has 0 atom stereocenters. The maximum absolute atomic E-state index is 14.7. The van der Waals surface area contributed by atoms with Crippen molar-refractivity contribution >= 4 is 21.9 Å². The number of aromatic nitrogens is 8. The number of fused-ring (bicyclic) bond motifs is 2. The third-order valence-electron chi connectivity index (χ3n) is 6.98. The summed E-state index contributed by atoms with van der Waals surface area (Å²) in [4.78, 5) is 27.6. The van der Waals surface area contributed by atoms with Gasteiger partial charge in [0.25, 0.3) is 0 Å². The lowest BCUT2D eigenvalue weighted by Gasteiger charge is -2.15. The van der Waals surface area contributed by atoms with E-state index in [4.69, 9.17) is 9.72 Å². The smallest absolute Gasteiger partial charge is 0.159 e. The second-order valence-corrected chi connectivity index (χ2v) is 9.56. The minimum atomic E-state index is -0.375. The van der Waals surface area contributed by atoms with Crippen LogP contribution in [0.4, 0.5) is 4.39 Å². The summed E-state index contributed by atoms with van der Waals surface area (Å²) in [5, 5.41) is 8.36. The van der Waals surface area contributed by atoms with E-state index in [0.29, 0.717) is 46.0 Å². The zero-order valence-electron chi connectivity index (χ0n) is 20.9. The average molecular weight is 522 g/mol. The summed E-state index contributed by atoms with van der Waals surface area (Å²) < 4.78 is 20.6. The van der Waals surface area contributed by atoms with Crippen LogP contribution >= 0.6 is 0 Å². The molecule has 0 aliphatic carbocycles. The van der Waals surface area contributed by atoms with Crippen LogP contribution in [0.1, 0.15) is 12.8 Å². The number of nitrogens with zero attached hydrogens (tertiary/aromatic N) is 7. The lowest BCUT2D eigenvalue weighted by Crippen LogP contribution is -2.25. The Labute approximate surface area is 222 Å². The SMILES string of the molecule is Fc1cc(OCCN2CCCC2)cc(-c2cncc3[nH]c(-c4n[nH]c5cnc(-c6cncnc6)cc45)nc23)c1. The molecule has 6 heterocycles. The van der Waals surface area contributed by atoms with Gasteiger partial charge in [0.15, 0.2) is 5.82 Å². The summed E-state index contributed by atoms with van der Waals surface area (Å²) >= 11 is 0. The van der Waals surface area contributed by atoms with Crippen LogP contribution in [-0.2, 0) is 0 Å². The number of halogens is 1. The number of hydrogen-bond acceptors (Lipinski definition) is 8. The van der Waals surface area contributed by atoms with Crippen molar-refractivity contribution in [2.75, 3.05) is 26.2 Å². The molecule has 0 spiro atoms. The second kappa shape index (κ2) is 9.84. The highest BCUT2D eigenvalue weighted by molar-refractivity contribution is 5.97. The summed E-state index contributed by atoms with van der Waals surface area (Å²) in [5.41, 5.74) is 5.64. The quantitative estimate of drug-likeness (QED) is 0.312. The van der Waals surface area contributed by atoms with E-state index in [2.05, 4.69) is 40.0 Å². The Kier molecular flexibility index (Phi) is 5.89. The molecule has 6 aromatic rings. The van der Waals surface area contributed by atoms with E-state index in [1.165, 1.54) is 31.3 Å². The van der Waals surface area contributed by atoms with Crippen LogP contribution in [0.3, 0.4) is 0 Å². The molecule has 5 aromatic heterocycles. The van der Waals surface area contributed by atoms with Crippen LogP contribution in [0.2, 0.25) is 0 Å². The number of likely N-dealkylation sites (tertiary alicyclic amines) is 1. The molecule has 194 valence electrons. The lowest BCUT2D eigenvalue weighted by atomic mass is 10.1. The molecule has 1 aliphatic heterocycles. The Bertz CT molecular complexity index is 1780. The number of hydrogen-bond donors (Lipinski definition) is 2. The molecule has 0 bridgehead atoms. The van der Waals surface area contributed by atoms with Crippen LogP contribution < -0.4 is 4.74 Å². The topological polar surface area (TPSA) is 121 Å². The fourth-order valence-electron chi connectivity index (χ4n) is 5.04. The van der Waals surface area contributed by atoms with Crippen LogP contribution in [-0.4, -0.2) is 71.2 Å². The largest absolute Gasteiger partial charge is 0.492 e. The van der Waals surface area contributed by atoms with Crippen molar-refractivity contribution in [1.82, 2.24) is 45.0 Å². The second-order valence-electron chi connectivity index (χ2n) is 9.56. The van der Waals surface area contributed by atoms with Gasteiger partial charge in [0.2, 0.25) is 0 Å². The van der Waals surface area contributed by atoms with Gasteiger partial charge in [0, 0.05) is 47.7 Å². The van der Waals surface area contributed by atoms with Crippen molar-refractivity contribution in [3.8, 4) is 39.7 Å². The van der Waals surface area contributed by atoms with Crippen LogP contribution in [0.5, 0.6) is 5.75 Å². The average Bonchev–Trinajstić information content (AvgIpc) is 3.72.